The largest absolute Gasteiger partial charge is 0.470 e. The number of carbonyl (C=O) groups excluding carboxylic acids is 2. The van der Waals surface area contributed by atoms with Crippen LogP contribution in [-0.2, 0) is 37.2 Å². The van der Waals surface area contributed by atoms with E-state index in [2.05, 4.69) is 32.1 Å². The minimum Gasteiger partial charge on any atom is -0.463 e. The SMILES string of the molecule is CC(CSCC(O)C(O)CSCCCOc1nc(OCCCSCC(O)C(O)CS)nc(OCCCSCC(O)C(O)CSCC(C)C(=O)C(C)(C)OCCC(C)(C)OP(=O)(O)O)n1)C(=O)OCCOP(=O)(O)O. The van der Waals surface area contributed by atoms with Crippen molar-refractivity contribution in [2.45, 2.75) is 115 Å². The van der Waals surface area contributed by atoms with Gasteiger partial charge in [0.1, 0.15) is 12.2 Å². The first-order valence-corrected chi connectivity index (χ1v) is 33.1. The van der Waals surface area contributed by atoms with Crippen LogP contribution >= 0.6 is 87.1 Å². The van der Waals surface area contributed by atoms with Gasteiger partial charge in [0.2, 0.25) is 0 Å². The highest BCUT2D eigenvalue weighted by Gasteiger charge is 2.35. The zero-order valence-corrected chi connectivity index (χ0v) is 49.4. The van der Waals surface area contributed by atoms with Gasteiger partial charge in [0.25, 0.3) is 0 Å². The lowest BCUT2D eigenvalue weighted by Crippen LogP contribution is -2.41. The Morgan fingerprint density at radius 2 is 0.946 bits per heavy atom. The molecule has 8 atom stereocenters. The Bertz CT molecular complexity index is 1810. The number of phosphoric acid groups is 2. The molecule has 0 aliphatic rings. The topological polar surface area (TPSA) is 374 Å². The molecule has 0 fully saturated rings. The highest BCUT2D eigenvalue weighted by atomic mass is 32.2. The molecule has 0 saturated heterocycles. The van der Waals surface area contributed by atoms with Crippen molar-refractivity contribution in [2.75, 3.05) is 103 Å². The van der Waals surface area contributed by atoms with E-state index in [4.69, 9.17) is 47.8 Å². The number of ether oxygens (including phenoxy) is 5. The van der Waals surface area contributed by atoms with Gasteiger partial charge in [-0.25, -0.2) is 9.13 Å². The number of hydrogen-bond donors (Lipinski definition) is 11. The predicted octanol–water partition coefficient (Wildman–Crippen LogP) is 2.51. The van der Waals surface area contributed by atoms with E-state index in [0.717, 1.165) is 0 Å². The average Bonchev–Trinajstić information content (AvgIpc) is 3.31. The molecule has 24 nitrogen and oxygen atoms in total. The minimum atomic E-state index is -4.70. The van der Waals surface area contributed by atoms with Crippen molar-refractivity contribution in [3.05, 3.63) is 0 Å². The third-order valence-electron chi connectivity index (χ3n) is 9.83. The summed E-state index contributed by atoms with van der Waals surface area (Å²) in [6.45, 7) is 9.49. The number of carbonyl (C=O) groups is 2. The van der Waals surface area contributed by atoms with Crippen LogP contribution in [0.25, 0.3) is 0 Å². The zero-order valence-electron chi connectivity index (χ0n) is 42.7. The minimum absolute atomic E-state index is 0.0281. The molecule has 1 aromatic rings. The molecule has 0 aliphatic carbocycles. The molecule has 1 rings (SSSR count). The number of aliphatic hydroxyl groups is 6. The predicted molar refractivity (Wildman–Crippen MR) is 291 cm³/mol. The Balaban J connectivity index is 2.56. The molecule has 0 aromatic carbocycles. The van der Waals surface area contributed by atoms with E-state index in [1.807, 2.05) is 0 Å². The zero-order chi connectivity index (χ0) is 56.0. The highest BCUT2D eigenvalue weighted by molar-refractivity contribution is 8.00. The second-order valence-corrected chi connectivity index (χ2v) is 26.2. The summed E-state index contributed by atoms with van der Waals surface area (Å²) in [5.74, 6) is 1.93. The number of rotatable bonds is 46. The van der Waals surface area contributed by atoms with Crippen LogP contribution < -0.4 is 14.2 Å². The van der Waals surface area contributed by atoms with Gasteiger partial charge in [0.15, 0.2) is 5.78 Å². The maximum absolute atomic E-state index is 13.1. The fraction of sp³-hybridized carbons (Fsp3) is 0.881. The van der Waals surface area contributed by atoms with E-state index in [0.29, 0.717) is 48.0 Å². The lowest BCUT2D eigenvalue weighted by molar-refractivity contribution is -0.148. The van der Waals surface area contributed by atoms with Crippen LogP contribution in [0.4, 0.5) is 0 Å². The Kier molecular flexibility index (Phi) is 37.0. The Hall–Kier alpha value is -0.410. The molecule has 434 valence electrons. The number of aliphatic hydroxyl groups excluding tert-OH is 6. The number of nitrogens with zero attached hydrogens (tertiary/aromatic N) is 3. The maximum atomic E-state index is 13.1. The second kappa shape index (κ2) is 38.3. The fourth-order valence-corrected chi connectivity index (χ4v) is 12.0. The number of esters is 1. The molecule has 1 aromatic heterocycles. The second-order valence-electron chi connectivity index (χ2n) is 17.8. The summed E-state index contributed by atoms with van der Waals surface area (Å²) in [6.07, 6.45) is -4.20. The summed E-state index contributed by atoms with van der Waals surface area (Å²) in [4.78, 5) is 73.5. The van der Waals surface area contributed by atoms with Crippen LogP contribution in [0, 0.1) is 11.8 Å². The summed E-state index contributed by atoms with van der Waals surface area (Å²) >= 11 is 10.8. The summed E-state index contributed by atoms with van der Waals surface area (Å²) in [6, 6.07) is -0.109. The standard InChI is InChI=1S/C42H79N3O21P2S6/c1-28(36(52)42(5,6)64-14-10-41(3,4)66-68(57,58)59)21-73-26-34(50)32(48)24-71-18-8-12-62-39-43-38(61-11-7-17-70-23-31(47)30(46)20-69)44-40(45-39)63-13-9-19-72-25-33(49)35(51)27-74-22-29(2)37(53)60-15-16-65-67(54,55)56/h28-35,46-51,69H,7-27H2,1-6H3,(H2,54,55,56)(H2,57,58,59). The number of ketones is 1. The fourth-order valence-electron chi connectivity index (χ4n) is 5.68. The highest BCUT2D eigenvalue weighted by Crippen LogP contribution is 2.42. The first-order chi connectivity index (χ1) is 34.6. The maximum Gasteiger partial charge on any atom is 0.470 e. The lowest BCUT2D eigenvalue weighted by atomic mass is 9.94. The third-order valence-corrected chi connectivity index (χ3v) is 17.5. The van der Waals surface area contributed by atoms with Gasteiger partial charge in [-0.15, -0.1) is 15.0 Å². The molecule has 32 heteroatoms. The first kappa shape index (κ1) is 71.6. The number of aromatic nitrogens is 3. The summed E-state index contributed by atoms with van der Waals surface area (Å²) in [5.41, 5.74) is -2.34. The van der Waals surface area contributed by atoms with Crippen molar-refractivity contribution in [1.29, 1.82) is 0 Å². The molecule has 0 saturated carbocycles. The van der Waals surface area contributed by atoms with Crippen LogP contribution in [0.3, 0.4) is 0 Å². The number of thioether (sulfide) groups is 5. The summed E-state index contributed by atoms with van der Waals surface area (Å²) < 4.78 is 59.0. The van der Waals surface area contributed by atoms with E-state index in [-0.39, 0.29) is 97.8 Å². The van der Waals surface area contributed by atoms with Gasteiger partial charge in [-0.3, -0.25) is 18.6 Å². The normalized spacial score (nSPS) is 15.9. The van der Waals surface area contributed by atoms with Crippen molar-refractivity contribution >= 4 is 98.8 Å². The van der Waals surface area contributed by atoms with Gasteiger partial charge in [0.05, 0.1) is 81.2 Å². The van der Waals surface area contributed by atoms with Crippen molar-refractivity contribution in [2.24, 2.45) is 11.8 Å². The Morgan fingerprint density at radius 3 is 1.34 bits per heavy atom. The van der Waals surface area contributed by atoms with E-state index >= 15 is 0 Å². The van der Waals surface area contributed by atoms with Crippen LogP contribution in [-0.4, -0.2) is 228 Å². The average molecular weight is 1220 g/mol. The number of Topliss-reactive ketones (excluding diaryl/α,β-unsaturated/α-hetero) is 1. The van der Waals surface area contributed by atoms with E-state index in [1.165, 1.54) is 72.7 Å². The molecule has 8 unspecified atom stereocenters. The van der Waals surface area contributed by atoms with Crippen LogP contribution in [0.1, 0.15) is 67.2 Å². The lowest BCUT2D eigenvalue weighted by Gasteiger charge is -2.30. The van der Waals surface area contributed by atoms with Gasteiger partial charge in [-0.2, -0.15) is 71.4 Å². The molecular weight excluding hydrogens is 1140 g/mol. The third kappa shape index (κ3) is 35.3. The van der Waals surface area contributed by atoms with E-state index in [1.54, 1.807) is 27.7 Å². The van der Waals surface area contributed by atoms with Gasteiger partial charge < -0.3 is 73.9 Å². The number of hydrogen-bond acceptors (Lipinski definition) is 26. The molecule has 1 heterocycles. The van der Waals surface area contributed by atoms with Gasteiger partial charge in [-0.05, 0) is 70.6 Å². The van der Waals surface area contributed by atoms with E-state index < -0.39 is 87.9 Å². The smallest absolute Gasteiger partial charge is 0.463 e. The molecule has 0 spiro atoms. The Morgan fingerprint density at radius 1 is 0.554 bits per heavy atom. The first-order valence-electron chi connectivity index (χ1n) is 23.6. The molecule has 0 bridgehead atoms. The van der Waals surface area contributed by atoms with Crippen molar-refractivity contribution < 1.29 is 102 Å². The summed E-state index contributed by atoms with van der Waals surface area (Å²) in [7, 11) is -9.35. The van der Waals surface area contributed by atoms with Gasteiger partial charge >= 0.3 is 39.6 Å². The molecule has 10 N–H and O–H groups in total. The van der Waals surface area contributed by atoms with Gasteiger partial charge in [-0.1, -0.05) is 13.8 Å². The number of thiol groups is 1. The van der Waals surface area contributed by atoms with Gasteiger partial charge in [0, 0.05) is 51.9 Å². The summed E-state index contributed by atoms with van der Waals surface area (Å²) in [5, 5.41) is 61.7. The number of phosphoric ester groups is 2. The van der Waals surface area contributed by atoms with Crippen molar-refractivity contribution in [3.8, 4) is 18.0 Å². The molecule has 0 amide bonds. The van der Waals surface area contributed by atoms with Crippen molar-refractivity contribution in [3.63, 3.8) is 0 Å². The van der Waals surface area contributed by atoms with Crippen LogP contribution in [0.5, 0.6) is 18.0 Å². The van der Waals surface area contributed by atoms with Crippen LogP contribution in [0.15, 0.2) is 0 Å². The Labute approximate surface area is 460 Å². The van der Waals surface area contributed by atoms with E-state index in [9.17, 15) is 49.4 Å². The molecule has 74 heavy (non-hydrogen) atoms. The quantitative estimate of drug-likeness (QED) is 0.0193. The molecule has 0 aliphatic heterocycles. The van der Waals surface area contributed by atoms with Crippen molar-refractivity contribution in [1.82, 2.24) is 15.0 Å². The van der Waals surface area contributed by atoms with Crippen LogP contribution in [0.2, 0.25) is 0 Å². The molecule has 0 radical (unpaired) electrons. The molecular formula is C42H79N3O21P2S6. The monoisotopic (exact) mass is 1220 g/mol.